The minimum atomic E-state index is -0.0319. The summed E-state index contributed by atoms with van der Waals surface area (Å²) in [5, 5.41) is 3.87. The zero-order valence-corrected chi connectivity index (χ0v) is 13.3. The molecule has 0 radical (unpaired) electrons. The summed E-state index contributed by atoms with van der Waals surface area (Å²) in [5.41, 5.74) is 0.610. The van der Waals surface area contributed by atoms with E-state index in [1.807, 2.05) is 0 Å². The van der Waals surface area contributed by atoms with E-state index < -0.39 is 0 Å². The zero-order chi connectivity index (χ0) is 14.7. The summed E-state index contributed by atoms with van der Waals surface area (Å²) in [7, 11) is 0. The molecule has 0 spiro atoms. The van der Waals surface area contributed by atoms with Crippen LogP contribution in [-0.4, -0.2) is 30.4 Å². The highest BCUT2D eigenvalue weighted by atomic mass is 35.5. The number of nitrogens with zero attached hydrogens (tertiary/aromatic N) is 1. The molecule has 0 unspecified atom stereocenters. The predicted octanol–water partition coefficient (Wildman–Crippen LogP) is 3.91. The van der Waals surface area contributed by atoms with Crippen LogP contribution < -0.4 is 5.32 Å². The predicted molar refractivity (Wildman–Crippen MR) is 84.5 cm³/mol. The van der Waals surface area contributed by atoms with Gasteiger partial charge < -0.3 is 5.32 Å². The fraction of sp³-hybridized carbons (Fsp3) is 0.533. The maximum atomic E-state index is 12.1. The molecule has 0 aliphatic carbocycles. The van der Waals surface area contributed by atoms with Gasteiger partial charge in [-0.25, -0.2) is 0 Å². The van der Waals surface area contributed by atoms with Gasteiger partial charge in [-0.1, -0.05) is 37.0 Å². The molecule has 1 aromatic rings. The number of piperidine rings is 1. The van der Waals surface area contributed by atoms with Gasteiger partial charge in [-0.3, -0.25) is 9.69 Å². The van der Waals surface area contributed by atoms with Crippen LogP contribution in [0.5, 0.6) is 0 Å². The third kappa shape index (κ3) is 4.37. The normalized spacial score (nSPS) is 23.6. The van der Waals surface area contributed by atoms with Crippen LogP contribution in [0.3, 0.4) is 0 Å². The molecule has 2 atom stereocenters. The van der Waals surface area contributed by atoms with E-state index in [4.69, 9.17) is 23.2 Å². The van der Waals surface area contributed by atoms with E-state index in [0.29, 0.717) is 34.1 Å². The molecule has 1 aromatic carbocycles. The molecule has 1 N–H and O–H groups in total. The lowest BCUT2D eigenvalue weighted by atomic mass is 9.92. The van der Waals surface area contributed by atoms with Crippen molar-refractivity contribution >= 4 is 34.8 Å². The van der Waals surface area contributed by atoms with Crippen molar-refractivity contribution in [3.05, 3.63) is 28.2 Å². The molecule has 0 bridgehead atoms. The lowest BCUT2D eigenvalue weighted by molar-refractivity contribution is -0.117. The molecule has 0 aromatic heterocycles. The number of anilines is 1. The Hall–Kier alpha value is -0.770. The Morgan fingerprint density at radius 2 is 1.95 bits per heavy atom. The summed E-state index contributed by atoms with van der Waals surface area (Å²) in [6.07, 6.45) is 1.24. The molecule has 1 aliphatic heterocycles. The Morgan fingerprint density at radius 3 is 2.55 bits per heavy atom. The lowest BCUT2D eigenvalue weighted by Crippen LogP contribution is -2.42. The third-order valence-electron chi connectivity index (χ3n) is 3.52. The molecule has 1 fully saturated rings. The second kappa shape index (κ2) is 6.79. The SMILES string of the molecule is C[C@@H]1C[C@@H](C)CN(CC(=O)Nc2ccc(Cl)cc2Cl)C1. The number of hydrogen-bond donors (Lipinski definition) is 1. The highest BCUT2D eigenvalue weighted by molar-refractivity contribution is 6.36. The highest BCUT2D eigenvalue weighted by Gasteiger charge is 2.23. The molecule has 1 heterocycles. The summed E-state index contributed by atoms with van der Waals surface area (Å²) >= 11 is 11.9. The Labute approximate surface area is 130 Å². The fourth-order valence-electron chi connectivity index (χ4n) is 2.90. The molecule has 0 saturated carbocycles. The number of carbonyl (C=O) groups is 1. The zero-order valence-electron chi connectivity index (χ0n) is 11.8. The van der Waals surface area contributed by atoms with E-state index in [2.05, 4.69) is 24.1 Å². The van der Waals surface area contributed by atoms with Crippen molar-refractivity contribution in [2.24, 2.45) is 11.8 Å². The van der Waals surface area contributed by atoms with Gasteiger partial charge in [0.25, 0.3) is 0 Å². The van der Waals surface area contributed by atoms with Gasteiger partial charge in [-0.2, -0.15) is 0 Å². The Kier molecular flexibility index (Phi) is 5.30. The Bertz CT molecular complexity index is 483. The first-order valence-electron chi connectivity index (χ1n) is 6.91. The van der Waals surface area contributed by atoms with Crippen molar-refractivity contribution in [1.82, 2.24) is 4.90 Å². The monoisotopic (exact) mass is 314 g/mol. The molecule has 20 heavy (non-hydrogen) atoms. The highest BCUT2D eigenvalue weighted by Crippen LogP contribution is 2.25. The molecular weight excluding hydrogens is 295 g/mol. The van der Waals surface area contributed by atoms with Crippen molar-refractivity contribution < 1.29 is 4.79 Å². The van der Waals surface area contributed by atoms with Crippen molar-refractivity contribution in [3.63, 3.8) is 0 Å². The molecule has 1 saturated heterocycles. The van der Waals surface area contributed by atoms with Gasteiger partial charge in [0.2, 0.25) is 5.91 Å². The van der Waals surface area contributed by atoms with E-state index in [1.165, 1.54) is 6.42 Å². The van der Waals surface area contributed by atoms with Gasteiger partial charge in [-0.15, -0.1) is 0 Å². The lowest BCUT2D eigenvalue weighted by Gasteiger charge is -2.34. The fourth-order valence-corrected chi connectivity index (χ4v) is 3.36. The number of benzene rings is 1. The van der Waals surface area contributed by atoms with E-state index >= 15 is 0 Å². The number of carbonyl (C=O) groups excluding carboxylic acids is 1. The minimum Gasteiger partial charge on any atom is -0.324 e. The largest absolute Gasteiger partial charge is 0.324 e. The summed E-state index contributed by atoms with van der Waals surface area (Å²) in [6.45, 7) is 6.83. The van der Waals surface area contributed by atoms with Crippen molar-refractivity contribution in [2.45, 2.75) is 20.3 Å². The standard InChI is InChI=1S/C15H20Cl2N2O/c1-10-5-11(2)8-19(7-10)9-15(20)18-14-4-3-12(16)6-13(14)17/h3-4,6,10-11H,5,7-9H2,1-2H3,(H,18,20)/t10-,11-/m1/s1. The third-order valence-corrected chi connectivity index (χ3v) is 4.06. The number of nitrogens with one attached hydrogen (secondary N) is 1. The Balaban J connectivity index is 1.92. The maximum absolute atomic E-state index is 12.1. The first-order chi connectivity index (χ1) is 9.44. The molecular formula is C15H20Cl2N2O. The van der Waals surface area contributed by atoms with E-state index in [0.717, 1.165) is 13.1 Å². The van der Waals surface area contributed by atoms with Gasteiger partial charge >= 0.3 is 0 Å². The van der Waals surface area contributed by atoms with Crippen molar-refractivity contribution in [1.29, 1.82) is 0 Å². The summed E-state index contributed by atoms with van der Waals surface area (Å²) in [6, 6.07) is 5.07. The second-order valence-corrected chi connectivity index (χ2v) is 6.66. The van der Waals surface area contributed by atoms with E-state index in [-0.39, 0.29) is 5.91 Å². The number of amides is 1. The number of rotatable bonds is 3. The van der Waals surface area contributed by atoms with Crippen molar-refractivity contribution in [3.8, 4) is 0 Å². The second-order valence-electron chi connectivity index (χ2n) is 5.81. The molecule has 1 amide bonds. The molecule has 2 rings (SSSR count). The van der Waals surface area contributed by atoms with Gasteiger partial charge in [-0.05, 0) is 36.5 Å². The van der Waals surface area contributed by atoms with Crippen LogP contribution in [0.25, 0.3) is 0 Å². The van der Waals surface area contributed by atoms with Crippen LogP contribution in [0.4, 0.5) is 5.69 Å². The van der Waals surface area contributed by atoms with Crippen LogP contribution in [-0.2, 0) is 4.79 Å². The first-order valence-corrected chi connectivity index (χ1v) is 7.67. The smallest absolute Gasteiger partial charge is 0.238 e. The van der Waals surface area contributed by atoms with Crippen LogP contribution in [0.1, 0.15) is 20.3 Å². The number of halogens is 2. The Morgan fingerprint density at radius 1 is 1.30 bits per heavy atom. The van der Waals surface area contributed by atoms with Crippen LogP contribution in [0, 0.1) is 11.8 Å². The average molecular weight is 315 g/mol. The molecule has 1 aliphatic rings. The maximum Gasteiger partial charge on any atom is 0.238 e. The minimum absolute atomic E-state index is 0.0319. The first kappa shape index (κ1) is 15.6. The quantitative estimate of drug-likeness (QED) is 0.917. The molecule has 3 nitrogen and oxygen atoms in total. The van der Waals surface area contributed by atoms with Crippen LogP contribution in [0.15, 0.2) is 18.2 Å². The van der Waals surface area contributed by atoms with Gasteiger partial charge in [0.05, 0.1) is 17.3 Å². The molecule has 110 valence electrons. The average Bonchev–Trinajstić information content (AvgIpc) is 2.31. The number of likely N-dealkylation sites (tertiary alicyclic amines) is 1. The summed E-state index contributed by atoms with van der Waals surface area (Å²) in [4.78, 5) is 14.3. The van der Waals surface area contributed by atoms with Crippen LogP contribution >= 0.6 is 23.2 Å². The van der Waals surface area contributed by atoms with E-state index in [1.54, 1.807) is 18.2 Å². The topological polar surface area (TPSA) is 32.3 Å². The summed E-state index contributed by atoms with van der Waals surface area (Å²) in [5.74, 6) is 1.26. The van der Waals surface area contributed by atoms with E-state index in [9.17, 15) is 4.79 Å². The van der Waals surface area contributed by atoms with Crippen LogP contribution in [0.2, 0.25) is 10.0 Å². The summed E-state index contributed by atoms with van der Waals surface area (Å²) < 4.78 is 0. The van der Waals surface area contributed by atoms with Crippen molar-refractivity contribution in [2.75, 3.05) is 25.0 Å². The van der Waals surface area contributed by atoms with Gasteiger partial charge in [0.15, 0.2) is 0 Å². The van der Waals surface area contributed by atoms with Gasteiger partial charge in [0.1, 0.15) is 0 Å². The number of hydrogen-bond acceptors (Lipinski definition) is 2. The molecule has 5 heteroatoms. The van der Waals surface area contributed by atoms with Gasteiger partial charge in [0, 0.05) is 18.1 Å².